The zero-order valence-corrected chi connectivity index (χ0v) is 7.95. The minimum absolute atomic E-state index is 0.482. The fraction of sp³-hybridized carbons (Fsp3) is 0.750. The summed E-state index contributed by atoms with van der Waals surface area (Å²) in [5.74, 6) is -3.20. The van der Waals surface area contributed by atoms with Gasteiger partial charge in [-0.05, 0) is 0 Å². The first-order chi connectivity index (χ1) is 6.84. The number of esters is 1. The molecule has 0 aliphatic rings. The summed E-state index contributed by atoms with van der Waals surface area (Å²) in [6.07, 6.45) is -6.23. The predicted molar refractivity (Wildman–Crippen MR) is 43.3 cm³/mol. The Morgan fingerprint density at radius 3 is 2.27 bits per heavy atom. The molecule has 0 fully saturated rings. The lowest BCUT2D eigenvalue weighted by Gasteiger charge is -2.11. The molecule has 0 saturated carbocycles. The summed E-state index contributed by atoms with van der Waals surface area (Å²) in [6.45, 7) is 0.201. The molecule has 2 unspecified atom stereocenters. The fourth-order valence-corrected chi connectivity index (χ4v) is 0.722. The molecule has 0 bridgehead atoms. The van der Waals surface area contributed by atoms with Gasteiger partial charge >= 0.3 is 11.9 Å². The topological polar surface area (TPSA) is 63.6 Å². The molecule has 0 aromatic heterocycles. The van der Waals surface area contributed by atoms with Gasteiger partial charge in [0.15, 0.2) is 6.17 Å². The van der Waals surface area contributed by atoms with Crippen LogP contribution in [0.5, 0.6) is 0 Å². The summed E-state index contributed by atoms with van der Waals surface area (Å²) in [6, 6.07) is 0. The molecule has 0 aliphatic heterocycles. The van der Waals surface area contributed by atoms with Crippen molar-refractivity contribution in [2.24, 2.45) is 5.92 Å². The number of hydrogen-bond donors (Lipinski definition) is 1. The maximum atomic E-state index is 12.3. The van der Waals surface area contributed by atoms with Crippen LogP contribution in [-0.2, 0) is 14.3 Å². The van der Waals surface area contributed by atoms with E-state index in [0.717, 1.165) is 0 Å². The van der Waals surface area contributed by atoms with Gasteiger partial charge in [-0.15, -0.1) is 0 Å². The highest BCUT2D eigenvalue weighted by Crippen LogP contribution is 2.09. The third-order valence-electron chi connectivity index (χ3n) is 1.54. The Labute approximate surface area is 84.0 Å². The van der Waals surface area contributed by atoms with Crippen molar-refractivity contribution in [1.82, 2.24) is 0 Å². The van der Waals surface area contributed by atoms with Crippen LogP contribution < -0.4 is 0 Å². The minimum atomic E-state index is -3.22. The average Bonchev–Trinajstić information content (AvgIpc) is 2.12. The van der Waals surface area contributed by atoms with Crippen molar-refractivity contribution in [2.75, 3.05) is 6.61 Å². The number of halogens is 3. The van der Waals surface area contributed by atoms with Gasteiger partial charge in [-0.2, -0.15) is 0 Å². The minimum Gasteiger partial charge on any atom is -0.481 e. The van der Waals surface area contributed by atoms with Crippen molar-refractivity contribution in [3.05, 3.63) is 0 Å². The second-order valence-electron chi connectivity index (χ2n) is 2.98. The van der Waals surface area contributed by atoms with Gasteiger partial charge in [-0.1, -0.05) is 6.92 Å². The van der Waals surface area contributed by atoms with Crippen LogP contribution in [0, 0.1) is 5.92 Å². The van der Waals surface area contributed by atoms with Gasteiger partial charge in [-0.25, -0.2) is 13.2 Å². The molecule has 15 heavy (non-hydrogen) atoms. The molecule has 0 rings (SSSR count). The standard InChI is InChI=1S/C8H11F3O4/c1-4(2-6(12)13)8(14)15-3-5(9)7(10)11/h4-5,7H,2-3H2,1H3,(H,12,13). The molecule has 0 amide bonds. The van der Waals surface area contributed by atoms with E-state index in [4.69, 9.17) is 5.11 Å². The lowest BCUT2D eigenvalue weighted by molar-refractivity contribution is -0.155. The van der Waals surface area contributed by atoms with E-state index in [0.29, 0.717) is 0 Å². The van der Waals surface area contributed by atoms with Gasteiger partial charge in [0.05, 0.1) is 12.3 Å². The lowest BCUT2D eigenvalue weighted by atomic mass is 10.1. The van der Waals surface area contributed by atoms with Crippen molar-refractivity contribution in [2.45, 2.75) is 25.9 Å². The number of carbonyl (C=O) groups excluding carboxylic acids is 1. The van der Waals surface area contributed by atoms with E-state index >= 15 is 0 Å². The van der Waals surface area contributed by atoms with Crippen LogP contribution in [0.4, 0.5) is 13.2 Å². The molecular formula is C8H11F3O4. The average molecular weight is 228 g/mol. The molecule has 0 radical (unpaired) electrons. The highest BCUT2D eigenvalue weighted by molar-refractivity contribution is 5.78. The Morgan fingerprint density at radius 1 is 1.33 bits per heavy atom. The number of carboxylic acid groups (broad SMARTS) is 1. The SMILES string of the molecule is CC(CC(=O)O)C(=O)OCC(F)C(F)F. The zero-order chi connectivity index (χ0) is 12.0. The van der Waals surface area contributed by atoms with Gasteiger partial charge in [0.1, 0.15) is 6.61 Å². The number of aliphatic carboxylic acids is 1. The maximum absolute atomic E-state index is 12.3. The van der Waals surface area contributed by atoms with Crippen molar-refractivity contribution in [3.8, 4) is 0 Å². The lowest BCUT2D eigenvalue weighted by Crippen LogP contribution is -2.25. The second kappa shape index (κ2) is 6.26. The first-order valence-corrected chi connectivity index (χ1v) is 4.15. The Balaban J connectivity index is 3.88. The normalized spacial score (nSPS) is 14.7. The van der Waals surface area contributed by atoms with Crippen LogP contribution in [0.3, 0.4) is 0 Å². The van der Waals surface area contributed by atoms with Crippen molar-refractivity contribution >= 4 is 11.9 Å². The summed E-state index contributed by atoms with van der Waals surface area (Å²) < 4.78 is 39.7. The molecule has 0 heterocycles. The molecule has 88 valence electrons. The van der Waals surface area contributed by atoms with Gasteiger partial charge < -0.3 is 9.84 Å². The van der Waals surface area contributed by atoms with Gasteiger partial charge in [0, 0.05) is 0 Å². The third-order valence-corrected chi connectivity index (χ3v) is 1.54. The number of ether oxygens (including phenoxy) is 1. The van der Waals surface area contributed by atoms with Crippen LogP contribution in [-0.4, -0.2) is 36.2 Å². The first kappa shape index (κ1) is 13.7. The number of carbonyl (C=O) groups is 2. The van der Waals surface area contributed by atoms with Crippen molar-refractivity contribution in [3.63, 3.8) is 0 Å². The number of rotatable bonds is 6. The Bertz CT molecular complexity index is 232. The number of hydrogen-bond acceptors (Lipinski definition) is 3. The van der Waals surface area contributed by atoms with E-state index in [2.05, 4.69) is 4.74 Å². The van der Waals surface area contributed by atoms with E-state index in [1.807, 2.05) is 0 Å². The zero-order valence-electron chi connectivity index (χ0n) is 7.95. The van der Waals surface area contributed by atoms with E-state index in [1.54, 1.807) is 0 Å². The number of alkyl halides is 3. The third kappa shape index (κ3) is 5.92. The molecule has 0 spiro atoms. The largest absolute Gasteiger partial charge is 0.481 e. The second-order valence-corrected chi connectivity index (χ2v) is 2.98. The molecule has 4 nitrogen and oxygen atoms in total. The highest BCUT2D eigenvalue weighted by atomic mass is 19.3. The van der Waals surface area contributed by atoms with Crippen LogP contribution in [0.15, 0.2) is 0 Å². The first-order valence-electron chi connectivity index (χ1n) is 4.15. The van der Waals surface area contributed by atoms with Gasteiger partial charge in [-0.3, -0.25) is 9.59 Å². The smallest absolute Gasteiger partial charge is 0.309 e. The monoisotopic (exact) mass is 228 g/mol. The molecule has 1 N–H and O–H groups in total. The molecule has 0 aliphatic carbocycles. The molecule has 0 aromatic rings. The Hall–Kier alpha value is -1.27. The van der Waals surface area contributed by atoms with E-state index in [-0.39, 0.29) is 0 Å². The van der Waals surface area contributed by atoms with Crippen molar-refractivity contribution < 1.29 is 32.6 Å². The highest BCUT2D eigenvalue weighted by Gasteiger charge is 2.23. The Morgan fingerprint density at radius 2 is 1.87 bits per heavy atom. The molecule has 0 aromatic carbocycles. The van der Waals surface area contributed by atoms with Crippen molar-refractivity contribution in [1.29, 1.82) is 0 Å². The maximum Gasteiger partial charge on any atom is 0.309 e. The van der Waals surface area contributed by atoms with Crippen LogP contribution in [0.1, 0.15) is 13.3 Å². The molecular weight excluding hydrogens is 217 g/mol. The predicted octanol–water partition coefficient (Wildman–Crippen LogP) is 1.24. The van der Waals surface area contributed by atoms with Crippen LogP contribution >= 0.6 is 0 Å². The Kier molecular flexibility index (Phi) is 5.73. The summed E-state index contributed by atoms with van der Waals surface area (Å²) in [5, 5.41) is 8.30. The van der Waals surface area contributed by atoms with E-state index in [9.17, 15) is 22.8 Å². The van der Waals surface area contributed by atoms with Gasteiger partial charge in [0.2, 0.25) is 0 Å². The summed E-state index contributed by atoms with van der Waals surface area (Å²) in [4.78, 5) is 21.1. The molecule has 7 heteroatoms. The number of carboxylic acids is 1. The summed E-state index contributed by atoms with van der Waals surface area (Å²) in [5.41, 5.74) is 0. The van der Waals surface area contributed by atoms with Crippen LogP contribution in [0.25, 0.3) is 0 Å². The molecule has 2 atom stereocenters. The summed E-state index contributed by atoms with van der Waals surface area (Å²) >= 11 is 0. The van der Waals surface area contributed by atoms with E-state index < -0.39 is 43.5 Å². The van der Waals surface area contributed by atoms with Gasteiger partial charge in [0.25, 0.3) is 6.43 Å². The molecule has 0 saturated heterocycles. The quantitative estimate of drug-likeness (QED) is 0.695. The van der Waals surface area contributed by atoms with Crippen LogP contribution in [0.2, 0.25) is 0 Å². The fourth-order valence-electron chi connectivity index (χ4n) is 0.722. The van der Waals surface area contributed by atoms with E-state index in [1.165, 1.54) is 6.92 Å². The summed E-state index contributed by atoms with van der Waals surface area (Å²) in [7, 11) is 0.